The Kier molecular flexibility index (Phi) is 4.84. The largest absolute Gasteiger partial charge is 0.484 e. The fourth-order valence-electron chi connectivity index (χ4n) is 2.22. The lowest BCUT2D eigenvalue weighted by molar-refractivity contribution is -0.123. The summed E-state index contributed by atoms with van der Waals surface area (Å²) in [6.07, 6.45) is 0. The third kappa shape index (κ3) is 3.89. The van der Waals surface area contributed by atoms with E-state index in [9.17, 15) is 4.79 Å². The monoisotopic (exact) mass is 298 g/mol. The van der Waals surface area contributed by atoms with Gasteiger partial charge in [0.2, 0.25) is 0 Å². The number of carbonyl (C=O) groups excluding carboxylic acids is 1. The van der Waals surface area contributed by atoms with Crippen molar-refractivity contribution in [2.24, 2.45) is 0 Å². The highest BCUT2D eigenvalue weighted by Crippen LogP contribution is 2.21. The van der Waals surface area contributed by atoms with Crippen LogP contribution in [0.4, 0.5) is 0 Å². The Morgan fingerprint density at radius 1 is 1.36 bits per heavy atom. The average molecular weight is 298 g/mol. The van der Waals surface area contributed by atoms with Crippen molar-refractivity contribution in [3.63, 3.8) is 0 Å². The van der Waals surface area contributed by atoms with Gasteiger partial charge in [0.25, 0.3) is 5.91 Å². The SMILES string of the molecule is Cc1cc([C@H](C)NC(=O)COc2ccc(C#N)cc2)c(C)o1. The van der Waals surface area contributed by atoms with Crippen LogP contribution in [0, 0.1) is 25.2 Å². The topological polar surface area (TPSA) is 75.3 Å². The minimum absolute atomic E-state index is 0.0773. The van der Waals surface area contributed by atoms with Crippen molar-refractivity contribution < 1.29 is 13.9 Å². The molecule has 1 aromatic carbocycles. The number of aryl methyl sites for hydroxylation is 2. The van der Waals surface area contributed by atoms with Crippen molar-refractivity contribution in [1.29, 1.82) is 5.26 Å². The summed E-state index contributed by atoms with van der Waals surface area (Å²) >= 11 is 0. The Balaban J connectivity index is 1.87. The van der Waals surface area contributed by atoms with E-state index in [0.29, 0.717) is 11.3 Å². The van der Waals surface area contributed by atoms with Crippen LogP contribution in [0.25, 0.3) is 0 Å². The van der Waals surface area contributed by atoms with Gasteiger partial charge in [0.15, 0.2) is 6.61 Å². The van der Waals surface area contributed by atoms with E-state index in [4.69, 9.17) is 14.4 Å². The highest BCUT2D eigenvalue weighted by molar-refractivity contribution is 5.78. The molecule has 0 unspecified atom stereocenters. The van der Waals surface area contributed by atoms with Gasteiger partial charge < -0.3 is 14.5 Å². The molecule has 1 heterocycles. The van der Waals surface area contributed by atoms with Gasteiger partial charge in [0.05, 0.1) is 17.7 Å². The van der Waals surface area contributed by atoms with Gasteiger partial charge in [-0.2, -0.15) is 5.26 Å². The number of furan rings is 1. The second-order valence-corrected chi connectivity index (χ2v) is 5.08. The molecule has 22 heavy (non-hydrogen) atoms. The van der Waals surface area contributed by atoms with Crippen LogP contribution in [0.5, 0.6) is 5.75 Å². The number of nitrogens with one attached hydrogen (secondary N) is 1. The number of benzene rings is 1. The molecule has 0 aliphatic carbocycles. The maximum absolute atomic E-state index is 11.9. The molecular weight excluding hydrogens is 280 g/mol. The van der Waals surface area contributed by atoms with Gasteiger partial charge in [-0.25, -0.2) is 0 Å². The quantitative estimate of drug-likeness (QED) is 0.920. The van der Waals surface area contributed by atoms with Gasteiger partial charge in [0, 0.05) is 5.56 Å². The van der Waals surface area contributed by atoms with Crippen molar-refractivity contribution in [2.75, 3.05) is 6.61 Å². The minimum atomic E-state index is -0.213. The summed E-state index contributed by atoms with van der Waals surface area (Å²) in [6.45, 7) is 5.57. The normalized spacial score (nSPS) is 11.5. The van der Waals surface area contributed by atoms with Crippen LogP contribution in [0.3, 0.4) is 0 Å². The first kappa shape index (κ1) is 15.6. The number of hydrogen-bond acceptors (Lipinski definition) is 4. The zero-order valence-corrected chi connectivity index (χ0v) is 12.8. The van der Waals surface area contributed by atoms with E-state index in [1.54, 1.807) is 24.3 Å². The number of amides is 1. The summed E-state index contributed by atoms with van der Waals surface area (Å²) in [6, 6.07) is 10.4. The van der Waals surface area contributed by atoms with Crippen molar-refractivity contribution in [3.8, 4) is 11.8 Å². The molecule has 0 aliphatic heterocycles. The maximum atomic E-state index is 11.9. The van der Waals surface area contributed by atoms with E-state index >= 15 is 0 Å². The average Bonchev–Trinajstić information content (AvgIpc) is 2.84. The summed E-state index contributed by atoms with van der Waals surface area (Å²) in [5.41, 5.74) is 1.51. The number of nitriles is 1. The fraction of sp³-hybridized carbons (Fsp3) is 0.294. The van der Waals surface area contributed by atoms with E-state index < -0.39 is 0 Å². The summed E-state index contributed by atoms with van der Waals surface area (Å²) < 4.78 is 10.9. The van der Waals surface area contributed by atoms with Crippen LogP contribution >= 0.6 is 0 Å². The van der Waals surface area contributed by atoms with Gasteiger partial charge in [0.1, 0.15) is 17.3 Å². The predicted molar refractivity (Wildman–Crippen MR) is 81.4 cm³/mol. The second kappa shape index (κ2) is 6.81. The van der Waals surface area contributed by atoms with Crippen LogP contribution < -0.4 is 10.1 Å². The first-order valence-corrected chi connectivity index (χ1v) is 6.99. The third-order valence-corrected chi connectivity index (χ3v) is 3.28. The molecule has 1 amide bonds. The maximum Gasteiger partial charge on any atom is 0.258 e. The standard InChI is InChI=1S/C17H18N2O3/c1-11-8-16(13(3)22-11)12(2)19-17(20)10-21-15-6-4-14(9-18)5-7-15/h4-8,12H,10H2,1-3H3,(H,19,20)/t12-/m0/s1. The van der Waals surface area contributed by atoms with Crippen LogP contribution in [-0.4, -0.2) is 12.5 Å². The molecule has 0 fully saturated rings. The first-order chi connectivity index (χ1) is 10.5. The van der Waals surface area contributed by atoms with Crippen LogP contribution in [0.15, 0.2) is 34.7 Å². The van der Waals surface area contributed by atoms with E-state index in [0.717, 1.165) is 17.1 Å². The summed E-state index contributed by atoms with van der Waals surface area (Å²) in [4.78, 5) is 11.9. The molecule has 0 bridgehead atoms. The molecule has 0 spiro atoms. The minimum Gasteiger partial charge on any atom is -0.484 e. The Labute approximate surface area is 129 Å². The van der Waals surface area contributed by atoms with Gasteiger partial charge in [-0.15, -0.1) is 0 Å². The van der Waals surface area contributed by atoms with Crippen LogP contribution in [0.1, 0.15) is 35.6 Å². The van der Waals surface area contributed by atoms with Crippen LogP contribution in [0.2, 0.25) is 0 Å². The number of ether oxygens (including phenoxy) is 1. The fourth-order valence-corrected chi connectivity index (χ4v) is 2.22. The molecule has 0 radical (unpaired) electrons. The number of carbonyl (C=O) groups is 1. The Bertz CT molecular complexity index is 696. The van der Waals surface area contributed by atoms with Crippen molar-refractivity contribution in [2.45, 2.75) is 26.8 Å². The summed E-state index contributed by atoms with van der Waals surface area (Å²) in [5.74, 6) is 1.97. The molecule has 0 saturated carbocycles. The molecule has 1 atom stereocenters. The van der Waals surface area contributed by atoms with Crippen molar-refractivity contribution in [3.05, 3.63) is 53.0 Å². The summed E-state index contributed by atoms with van der Waals surface area (Å²) in [7, 11) is 0. The van der Waals surface area contributed by atoms with E-state index in [1.165, 1.54) is 0 Å². The molecule has 0 saturated heterocycles. The van der Waals surface area contributed by atoms with Crippen LogP contribution in [-0.2, 0) is 4.79 Å². The van der Waals surface area contributed by atoms with E-state index in [1.807, 2.05) is 32.9 Å². The number of hydrogen-bond donors (Lipinski definition) is 1. The van der Waals surface area contributed by atoms with Crippen molar-refractivity contribution >= 4 is 5.91 Å². The van der Waals surface area contributed by atoms with E-state index in [2.05, 4.69) is 5.32 Å². The second-order valence-electron chi connectivity index (χ2n) is 5.08. The lowest BCUT2D eigenvalue weighted by Crippen LogP contribution is -2.31. The first-order valence-electron chi connectivity index (χ1n) is 6.99. The molecule has 5 heteroatoms. The lowest BCUT2D eigenvalue weighted by atomic mass is 10.1. The van der Waals surface area contributed by atoms with Gasteiger partial charge in [-0.3, -0.25) is 4.79 Å². The lowest BCUT2D eigenvalue weighted by Gasteiger charge is -2.13. The van der Waals surface area contributed by atoms with E-state index in [-0.39, 0.29) is 18.6 Å². The van der Waals surface area contributed by atoms with Gasteiger partial charge >= 0.3 is 0 Å². The molecule has 114 valence electrons. The number of rotatable bonds is 5. The van der Waals surface area contributed by atoms with Gasteiger partial charge in [-0.05, 0) is 51.1 Å². The zero-order valence-electron chi connectivity index (χ0n) is 12.8. The molecule has 1 N–H and O–H groups in total. The highest BCUT2D eigenvalue weighted by atomic mass is 16.5. The molecule has 2 rings (SSSR count). The molecule has 0 aliphatic rings. The Morgan fingerprint density at radius 2 is 2.05 bits per heavy atom. The molecule has 5 nitrogen and oxygen atoms in total. The zero-order chi connectivity index (χ0) is 16.1. The summed E-state index contributed by atoms with van der Waals surface area (Å²) in [5, 5.41) is 11.6. The molecule has 2 aromatic rings. The smallest absolute Gasteiger partial charge is 0.258 e. The van der Waals surface area contributed by atoms with Crippen molar-refractivity contribution in [1.82, 2.24) is 5.32 Å². The molecular formula is C17H18N2O3. The van der Waals surface area contributed by atoms with Gasteiger partial charge in [-0.1, -0.05) is 0 Å². The molecule has 1 aromatic heterocycles. The third-order valence-electron chi connectivity index (χ3n) is 3.28. The Hall–Kier alpha value is -2.74. The predicted octanol–water partition coefficient (Wildman–Crippen LogP) is 3.02. The highest BCUT2D eigenvalue weighted by Gasteiger charge is 2.15. The Morgan fingerprint density at radius 3 is 2.59 bits per heavy atom. The number of nitrogens with zero attached hydrogens (tertiary/aromatic N) is 1.